The second-order valence-corrected chi connectivity index (χ2v) is 4.89. The molecule has 0 aliphatic rings. The van der Waals surface area contributed by atoms with Gasteiger partial charge in [0.05, 0.1) is 12.6 Å². The summed E-state index contributed by atoms with van der Waals surface area (Å²) in [5.74, 6) is 0.896. The Morgan fingerprint density at radius 2 is 1.85 bits per heavy atom. The molecule has 3 nitrogen and oxygen atoms in total. The molecule has 0 spiro atoms. The Morgan fingerprint density at radius 1 is 1.05 bits per heavy atom. The molecular weight excluding hydrogens is 248 g/mol. The second kappa shape index (κ2) is 5.29. The molecule has 1 aromatic heterocycles. The molecule has 3 rings (SSSR count). The number of nitrogens with two attached hydrogens (primary N) is 1. The minimum Gasteiger partial charge on any atom is -0.497 e. The van der Waals surface area contributed by atoms with Gasteiger partial charge in [-0.25, -0.2) is 0 Å². The van der Waals surface area contributed by atoms with Gasteiger partial charge in [-0.15, -0.1) is 0 Å². The summed E-state index contributed by atoms with van der Waals surface area (Å²) in [6.45, 7) is 0.944. The summed E-state index contributed by atoms with van der Waals surface area (Å²) in [5.41, 5.74) is 9.32. The van der Waals surface area contributed by atoms with Crippen LogP contribution in [0, 0.1) is 0 Å². The first-order chi connectivity index (χ1) is 9.78. The molecule has 0 saturated heterocycles. The van der Waals surface area contributed by atoms with Gasteiger partial charge in [-0.3, -0.25) is 0 Å². The predicted octanol–water partition coefficient (Wildman–Crippen LogP) is 3.47. The molecule has 0 radical (unpaired) electrons. The molecule has 3 heteroatoms. The highest BCUT2D eigenvalue weighted by atomic mass is 16.5. The molecule has 0 aliphatic carbocycles. The molecule has 0 aliphatic heterocycles. The Morgan fingerprint density at radius 3 is 2.60 bits per heavy atom. The molecule has 0 amide bonds. The van der Waals surface area contributed by atoms with E-state index < -0.39 is 0 Å². The number of benzene rings is 2. The van der Waals surface area contributed by atoms with Gasteiger partial charge in [0.2, 0.25) is 0 Å². The standard InChI is InChI=1S/C17H18N2O/c1-20-14-7-5-13(6-8-14)9-11-19-12-10-15-16(18)3-2-4-17(15)19/h2-8,10,12H,9,11,18H2,1H3. The van der Waals surface area contributed by atoms with Crippen LogP contribution >= 0.6 is 0 Å². The molecule has 102 valence electrons. The fraction of sp³-hybridized carbons (Fsp3) is 0.176. The van der Waals surface area contributed by atoms with E-state index in [9.17, 15) is 0 Å². The molecule has 2 N–H and O–H groups in total. The zero-order valence-corrected chi connectivity index (χ0v) is 11.5. The first-order valence-electron chi connectivity index (χ1n) is 6.74. The fourth-order valence-electron chi connectivity index (χ4n) is 2.48. The lowest BCUT2D eigenvalue weighted by Gasteiger charge is -2.07. The smallest absolute Gasteiger partial charge is 0.118 e. The van der Waals surface area contributed by atoms with E-state index in [4.69, 9.17) is 10.5 Å². The molecule has 1 heterocycles. The number of hydrogen-bond acceptors (Lipinski definition) is 2. The van der Waals surface area contributed by atoms with Crippen molar-refractivity contribution in [2.45, 2.75) is 13.0 Å². The fourth-order valence-corrected chi connectivity index (χ4v) is 2.48. The van der Waals surface area contributed by atoms with Crippen LogP contribution in [0.5, 0.6) is 5.75 Å². The van der Waals surface area contributed by atoms with Gasteiger partial charge in [-0.1, -0.05) is 18.2 Å². The van der Waals surface area contributed by atoms with Gasteiger partial charge in [-0.05, 0) is 42.3 Å². The third-order valence-electron chi connectivity index (χ3n) is 3.65. The zero-order valence-electron chi connectivity index (χ0n) is 11.5. The maximum absolute atomic E-state index is 5.98. The van der Waals surface area contributed by atoms with Gasteiger partial charge < -0.3 is 15.0 Å². The molecule has 20 heavy (non-hydrogen) atoms. The van der Waals surface area contributed by atoms with Crippen molar-refractivity contribution in [2.75, 3.05) is 12.8 Å². The summed E-state index contributed by atoms with van der Waals surface area (Å²) < 4.78 is 7.42. The van der Waals surface area contributed by atoms with Crippen LogP contribution in [0.3, 0.4) is 0 Å². The van der Waals surface area contributed by atoms with Crippen molar-refractivity contribution in [2.24, 2.45) is 0 Å². The number of methoxy groups -OCH3 is 1. The summed E-state index contributed by atoms with van der Waals surface area (Å²) >= 11 is 0. The van der Waals surface area contributed by atoms with Crippen molar-refractivity contribution < 1.29 is 4.74 Å². The minimum atomic E-state index is 0.839. The molecule has 0 unspecified atom stereocenters. The van der Waals surface area contributed by atoms with Crippen molar-refractivity contribution in [3.05, 3.63) is 60.3 Å². The first kappa shape index (κ1) is 12.6. The van der Waals surface area contributed by atoms with Crippen LogP contribution in [0.15, 0.2) is 54.7 Å². The average Bonchev–Trinajstić information content (AvgIpc) is 2.90. The van der Waals surface area contributed by atoms with Gasteiger partial charge in [0.1, 0.15) is 5.75 Å². The van der Waals surface area contributed by atoms with Crippen molar-refractivity contribution >= 4 is 16.6 Å². The number of nitrogen functional groups attached to an aromatic ring is 1. The van der Waals surface area contributed by atoms with E-state index in [-0.39, 0.29) is 0 Å². The zero-order chi connectivity index (χ0) is 13.9. The number of rotatable bonds is 4. The lowest BCUT2D eigenvalue weighted by atomic mass is 10.1. The number of ether oxygens (including phenoxy) is 1. The normalized spacial score (nSPS) is 10.8. The predicted molar refractivity (Wildman–Crippen MR) is 83.0 cm³/mol. The van der Waals surface area contributed by atoms with E-state index in [1.54, 1.807) is 7.11 Å². The van der Waals surface area contributed by atoms with E-state index in [1.807, 2.05) is 24.3 Å². The maximum Gasteiger partial charge on any atom is 0.118 e. The minimum absolute atomic E-state index is 0.839. The summed E-state index contributed by atoms with van der Waals surface area (Å²) in [4.78, 5) is 0. The van der Waals surface area contributed by atoms with Crippen LogP contribution in [-0.4, -0.2) is 11.7 Å². The van der Waals surface area contributed by atoms with Gasteiger partial charge in [-0.2, -0.15) is 0 Å². The second-order valence-electron chi connectivity index (χ2n) is 4.89. The van der Waals surface area contributed by atoms with E-state index in [1.165, 1.54) is 11.1 Å². The highest BCUT2D eigenvalue weighted by molar-refractivity contribution is 5.91. The quantitative estimate of drug-likeness (QED) is 0.734. The Balaban J connectivity index is 1.78. The SMILES string of the molecule is COc1ccc(CCn2ccc3c(N)cccc32)cc1. The lowest BCUT2D eigenvalue weighted by molar-refractivity contribution is 0.414. The van der Waals surface area contributed by atoms with Gasteiger partial charge >= 0.3 is 0 Å². The topological polar surface area (TPSA) is 40.2 Å². The molecular formula is C17H18N2O. The van der Waals surface area contributed by atoms with Gasteiger partial charge in [0, 0.05) is 23.8 Å². The highest BCUT2D eigenvalue weighted by Gasteiger charge is 2.03. The van der Waals surface area contributed by atoms with E-state index in [0.717, 1.165) is 29.8 Å². The third kappa shape index (κ3) is 2.35. The van der Waals surface area contributed by atoms with Crippen LogP contribution in [0.4, 0.5) is 5.69 Å². The van der Waals surface area contributed by atoms with E-state index in [0.29, 0.717) is 0 Å². The summed E-state index contributed by atoms with van der Waals surface area (Å²) in [7, 11) is 1.69. The number of aryl methyl sites for hydroxylation is 2. The molecule has 0 saturated carbocycles. The number of aromatic nitrogens is 1. The molecule has 0 atom stereocenters. The highest BCUT2D eigenvalue weighted by Crippen LogP contribution is 2.22. The largest absolute Gasteiger partial charge is 0.497 e. The molecule has 3 aromatic rings. The van der Waals surface area contributed by atoms with E-state index >= 15 is 0 Å². The van der Waals surface area contributed by atoms with Crippen LogP contribution in [-0.2, 0) is 13.0 Å². The Bertz CT molecular complexity index is 713. The van der Waals surface area contributed by atoms with Crippen molar-refractivity contribution in [3.8, 4) is 5.75 Å². The summed E-state index contributed by atoms with van der Waals surface area (Å²) in [6.07, 6.45) is 3.09. The summed E-state index contributed by atoms with van der Waals surface area (Å²) in [5, 5.41) is 1.13. The number of fused-ring (bicyclic) bond motifs is 1. The molecule has 0 fully saturated rings. The van der Waals surface area contributed by atoms with Crippen LogP contribution in [0.25, 0.3) is 10.9 Å². The third-order valence-corrected chi connectivity index (χ3v) is 3.65. The van der Waals surface area contributed by atoms with Crippen LogP contribution < -0.4 is 10.5 Å². The number of nitrogens with zero attached hydrogens (tertiary/aromatic N) is 1. The number of anilines is 1. The Kier molecular flexibility index (Phi) is 3.33. The molecule has 2 aromatic carbocycles. The average molecular weight is 266 g/mol. The monoisotopic (exact) mass is 266 g/mol. The Labute approximate surface area is 118 Å². The van der Waals surface area contributed by atoms with E-state index in [2.05, 4.69) is 35.0 Å². The Hall–Kier alpha value is -2.42. The lowest BCUT2D eigenvalue weighted by Crippen LogP contribution is -2.00. The molecule has 0 bridgehead atoms. The van der Waals surface area contributed by atoms with Gasteiger partial charge in [0.15, 0.2) is 0 Å². The van der Waals surface area contributed by atoms with Crippen molar-refractivity contribution in [3.63, 3.8) is 0 Å². The first-order valence-corrected chi connectivity index (χ1v) is 6.74. The maximum atomic E-state index is 5.98. The van der Waals surface area contributed by atoms with Crippen LogP contribution in [0.1, 0.15) is 5.56 Å². The van der Waals surface area contributed by atoms with Gasteiger partial charge in [0.25, 0.3) is 0 Å². The van der Waals surface area contributed by atoms with Crippen molar-refractivity contribution in [1.29, 1.82) is 0 Å². The number of hydrogen-bond donors (Lipinski definition) is 1. The summed E-state index contributed by atoms with van der Waals surface area (Å²) in [6, 6.07) is 16.4. The van der Waals surface area contributed by atoms with Crippen LogP contribution in [0.2, 0.25) is 0 Å². The van der Waals surface area contributed by atoms with Crippen molar-refractivity contribution in [1.82, 2.24) is 4.57 Å².